The maximum Gasteiger partial charge on any atom is 0.273 e. The number of hydrogen-bond acceptors (Lipinski definition) is 1. The van der Waals surface area contributed by atoms with E-state index in [4.69, 9.17) is 11.6 Å². The van der Waals surface area contributed by atoms with Crippen LogP contribution in [0.1, 0.15) is 34.5 Å². The molecule has 0 unspecified atom stereocenters. The molecule has 6 rings (SSSR count). The molecule has 5 aromatic rings. The largest absolute Gasteiger partial charge is 0.325 e. The quantitative estimate of drug-likeness (QED) is 0.270. The van der Waals surface area contributed by atoms with Gasteiger partial charge in [0.2, 0.25) is 0 Å². The molecule has 0 bridgehead atoms. The minimum absolute atomic E-state index is 0.171. The first-order valence-corrected chi connectivity index (χ1v) is 12.5. The molecule has 0 atom stereocenters. The zero-order valence-electron chi connectivity index (χ0n) is 19.9. The molecule has 6 heteroatoms. The van der Waals surface area contributed by atoms with Gasteiger partial charge in [0.15, 0.2) is 0 Å². The lowest BCUT2D eigenvalue weighted by Crippen LogP contribution is -2.15. The van der Waals surface area contributed by atoms with Crippen LogP contribution in [0.25, 0.3) is 28.0 Å². The number of amides is 1. The van der Waals surface area contributed by atoms with Gasteiger partial charge in [0, 0.05) is 34.6 Å². The number of nitrogens with zero attached hydrogens (tertiary/aromatic N) is 2. The van der Waals surface area contributed by atoms with Crippen LogP contribution in [-0.4, -0.2) is 14.9 Å². The van der Waals surface area contributed by atoms with Crippen molar-refractivity contribution in [2.45, 2.75) is 32.7 Å². The highest BCUT2D eigenvalue weighted by molar-refractivity contribution is 6.30. The summed E-state index contributed by atoms with van der Waals surface area (Å²) in [4.78, 5) is 13.9. The van der Waals surface area contributed by atoms with E-state index in [1.165, 1.54) is 12.1 Å². The van der Waals surface area contributed by atoms with Crippen molar-refractivity contribution in [2.24, 2.45) is 0 Å². The van der Waals surface area contributed by atoms with Crippen molar-refractivity contribution in [3.63, 3.8) is 0 Å². The highest BCUT2D eigenvalue weighted by Gasteiger charge is 2.29. The molecule has 1 amide bonds. The van der Waals surface area contributed by atoms with Gasteiger partial charge in [-0.05, 0) is 91.4 Å². The van der Waals surface area contributed by atoms with Crippen LogP contribution in [0.5, 0.6) is 0 Å². The summed E-state index contributed by atoms with van der Waals surface area (Å²) in [5.74, 6) is -0.438. The number of aromatic nitrogens is 2. The molecular formula is C30H25ClFN3O. The van der Waals surface area contributed by atoms with Gasteiger partial charge in [0.25, 0.3) is 5.91 Å². The molecule has 0 aliphatic carbocycles. The fourth-order valence-electron chi connectivity index (χ4n) is 5.30. The number of halogens is 2. The number of carbonyl (C=O) groups excluding carboxylic acids is 1. The molecule has 0 spiro atoms. The molecule has 3 heterocycles. The van der Waals surface area contributed by atoms with E-state index in [9.17, 15) is 9.18 Å². The van der Waals surface area contributed by atoms with Crippen LogP contribution in [0.15, 0.2) is 79.0 Å². The predicted molar refractivity (Wildman–Crippen MR) is 143 cm³/mol. The third kappa shape index (κ3) is 3.90. The summed E-state index contributed by atoms with van der Waals surface area (Å²) in [6.07, 6.45) is 4.93. The fourth-order valence-corrected chi connectivity index (χ4v) is 5.43. The van der Waals surface area contributed by atoms with Crippen LogP contribution in [0.4, 0.5) is 10.1 Å². The second-order valence-corrected chi connectivity index (χ2v) is 9.79. The second-order valence-electron chi connectivity index (χ2n) is 9.36. The van der Waals surface area contributed by atoms with Gasteiger partial charge in [-0.2, -0.15) is 0 Å². The average molecular weight is 498 g/mol. The lowest BCUT2D eigenvalue weighted by molar-refractivity contribution is 0.102. The smallest absolute Gasteiger partial charge is 0.273 e. The summed E-state index contributed by atoms with van der Waals surface area (Å²) in [5, 5.41) is 3.77. The maximum atomic E-state index is 13.9. The first kappa shape index (κ1) is 22.6. The highest BCUT2D eigenvalue weighted by atomic mass is 35.5. The molecule has 2 aromatic heterocycles. The third-order valence-electron chi connectivity index (χ3n) is 6.90. The Morgan fingerprint density at radius 1 is 0.972 bits per heavy atom. The van der Waals surface area contributed by atoms with Gasteiger partial charge in [0.1, 0.15) is 17.2 Å². The van der Waals surface area contributed by atoms with E-state index < -0.39 is 0 Å². The van der Waals surface area contributed by atoms with Crippen molar-refractivity contribution in [1.82, 2.24) is 8.97 Å². The Bertz CT molecular complexity index is 1600. The van der Waals surface area contributed by atoms with E-state index in [1.807, 2.05) is 66.1 Å². The molecule has 36 heavy (non-hydrogen) atoms. The molecule has 4 nitrogen and oxygen atoms in total. The zero-order valence-corrected chi connectivity index (χ0v) is 20.6. The van der Waals surface area contributed by atoms with Gasteiger partial charge in [-0.15, -0.1) is 0 Å². The SMILES string of the molecule is Cc1cccc(NC(=O)c2c(-c3ccc(Cl)cc3)c3c4n(c(-c5ccc(F)cc5)cn24)CCCC3)c1. The first-order valence-electron chi connectivity index (χ1n) is 12.2. The van der Waals surface area contributed by atoms with E-state index in [1.54, 1.807) is 12.1 Å². The predicted octanol–water partition coefficient (Wildman–Crippen LogP) is 7.76. The first-order chi connectivity index (χ1) is 17.5. The molecule has 0 radical (unpaired) electrons. The number of hydrogen-bond donors (Lipinski definition) is 1. The fraction of sp³-hybridized carbons (Fsp3) is 0.167. The van der Waals surface area contributed by atoms with Gasteiger partial charge in [-0.3, -0.25) is 9.20 Å². The molecule has 1 aliphatic heterocycles. The highest BCUT2D eigenvalue weighted by Crippen LogP contribution is 2.40. The van der Waals surface area contributed by atoms with Gasteiger partial charge in [0.05, 0.1) is 5.69 Å². The number of nitrogens with one attached hydrogen (secondary N) is 1. The minimum atomic E-state index is -0.267. The van der Waals surface area contributed by atoms with Crippen LogP contribution >= 0.6 is 11.6 Å². The van der Waals surface area contributed by atoms with Crippen LogP contribution in [0.2, 0.25) is 5.02 Å². The minimum Gasteiger partial charge on any atom is -0.325 e. The Morgan fingerprint density at radius 2 is 1.72 bits per heavy atom. The van der Waals surface area contributed by atoms with Crippen molar-refractivity contribution >= 4 is 28.8 Å². The number of carbonyl (C=O) groups is 1. The second kappa shape index (κ2) is 8.99. The van der Waals surface area contributed by atoms with Gasteiger partial charge < -0.3 is 9.88 Å². The van der Waals surface area contributed by atoms with Crippen LogP contribution in [-0.2, 0) is 13.0 Å². The van der Waals surface area contributed by atoms with E-state index in [-0.39, 0.29) is 11.7 Å². The summed E-state index contributed by atoms with van der Waals surface area (Å²) in [6, 6.07) is 22.0. The Balaban J connectivity index is 1.61. The topological polar surface area (TPSA) is 38.4 Å². The molecular weight excluding hydrogens is 473 g/mol. The van der Waals surface area contributed by atoms with Crippen molar-refractivity contribution in [2.75, 3.05) is 5.32 Å². The summed E-state index contributed by atoms with van der Waals surface area (Å²) < 4.78 is 18.0. The van der Waals surface area contributed by atoms with Crippen molar-refractivity contribution in [3.8, 4) is 22.4 Å². The number of benzene rings is 3. The number of imidazole rings is 1. The normalized spacial score (nSPS) is 13.1. The number of anilines is 1. The van der Waals surface area contributed by atoms with Crippen molar-refractivity contribution in [3.05, 3.63) is 107 Å². The zero-order chi connectivity index (χ0) is 24.8. The van der Waals surface area contributed by atoms with Gasteiger partial charge >= 0.3 is 0 Å². The van der Waals surface area contributed by atoms with E-state index in [2.05, 4.69) is 9.88 Å². The number of rotatable bonds is 4. The Morgan fingerprint density at radius 3 is 2.47 bits per heavy atom. The monoisotopic (exact) mass is 497 g/mol. The molecule has 1 aliphatic rings. The Kier molecular flexibility index (Phi) is 5.65. The summed E-state index contributed by atoms with van der Waals surface area (Å²) >= 11 is 6.20. The van der Waals surface area contributed by atoms with Gasteiger partial charge in [-0.25, -0.2) is 4.39 Å². The van der Waals surface area contributed by atoms with E-state index >= 15 is 0 Å². The summed E-state index contributed by atoms with van der Waals surface area (Å²) in [6.45, 7) is 2.84. The van der Waals surface area contributed by atoms with Crippen LogP contribution in [0, 0.1) is 12.7 Å². The molecule has 0 saturated carbocycles. The summed E-state index contributed by atoms with van der Waals surface area (Å²) in [5.41, 5.74) is 8.38. The molecule has 1 N–H and O–H groups in total. The molecule has 3 aromatic carbocycles. The third-order valence-corrected chi connectivity index (χ3v) is 7.15. The number of aryl methyl sites for hydroxylation is 3. The molecule has 180 valence electrons. The van der Waals surface area contributed by atoms with Gasteiger partial charge in [-0.1, -0.05) is 35.9 Å². The Labute approximate surface area is 214 Å². The van der Waals surface area contributed by atoms with Crippen LogP contribution in [0.3, 0.4) is 0 Å². The summed E-state index contributed by atoms with van der Waals surface area (Å²) in [7, 11) is 0. The maximum absolute atomic E-state index is 13.9. The van der Waals surface area contributed by atoms with E-state index in [0.717, 1.165) is 70.7 Å². The standard InChI is InChI=1S/C30H25ClFN3O/c1-19-5-4-6-24(17-19)33-29(36)28-27(21-8-12-22(31)13-9-21)25-7-2-3-16-34-26(18-35(28)30(25)34)20-10-14-23(32)15-11-20/h4-6,8-15,17-18H,2-3,7,16H2,1H3,(H,33,36). The Hall–Kier alpha value is -3.83. The average Bonchev–Trinajstić information content (AvgIpc) is 3.28. The van der Waals surface area contributed by atoms with Crippen LogP contribution < -0.4 is 5.32 Å². The van der Waals surface area contributed by atoms with Crippen molar-refractivity contribution in [1.29, 1.82) is 0 Å². The molecule has 0 fully saturated rings. The van der Waals surface area contributed by atoms with Crippen molar-refractivity contribution < 1.29 is 9.18 Å². The lowest BCUT2D eigenvalue weighted by atomic mass is 9.97. The molecule has 0 saturated heterocycles. The lowest BCUT2D eigenvalue weighted by Gasteiger charge is -2.11. The van der Waals surface area contributed by atoms with E-state index in [0.29, 0.717) is 10.7 Å².